The molecule has 0 aliphatic heterocycles. The first-order valence-corrected chi connectivity index (χ1v) is 4.45. The zero-order valence-corrected chi connectivity index (χ0v) is 8.43. The number of hydrogen-bond acceptors (Lipinski definition) is 3. The molecule has 6 heteroatoms. The molecule has 0 amide bonds. The van der Waals surface area contributed by atoms with Gasteiger partial charge in [-0.05, 0) is 17.5 Å². The Bertz CT molecular complexity index is 417. The number of carboxylic acids is 1. The van der Waals surface area contributed by atoms with E-state index in [4.69, 9.17) is 5.11 Å². The van der Waals surface area contributed by atoms with Crippen LogP contribution in [0.15, 0.2) is 18.2 Å². The van der Waals surface area contributed by atoms with Gasteiger partial charge in [0.15, 0.2) is 0 Å². The van der Waals surface area contributed by atoms with E-state index < -0.39 is 10.9 Å². The number of carboxylic acid groups (broad SMARTS) is 1. The van der Waals surface area contributed by atoms with Crippen LogP contribution in [0.4, 0.5) is 5.69 Å². The number of nitro benzene ring substituents is 1. The van der Waals surface area contributed by atoms with Crippen LogP contribution in [0, 0.1) is 10.1 Å². The van der Waals surface area contributed by atoms with Gasteiger partial charge in [-0.2, -0.15) is 0 Å². The van der Waals surface area contributed by atoms with Crippen molar-refractivity contribution >= 4 is 63.0 Å². The Labute approximate surface area is 135 Å². The molecule has 1 N–H and O–H groups in total. The average Bonchev–Trinajstić information content (AvgIpc) is 2.16. The van der Waals surface area contributed by atoms with Crippen molar-refractivity contribution in [2.75, 3.05) is 0 Å². The van der Waals surface area contributed by atoms with Gasteiger partial charge in [-0.1, -0.05) is 19.9 Å². The van der Waals surface area contributed by atoms with Crippen molar-refractivity contribution < 1.29 is 14.8 Å². The molecule has 0 bridgehead atoms. The molecular formula is C10H12KNO4. The van der Waals surface area contributed by atoms with Crippen molar-refractivity contribution in [3.63, 3.8) is 0 Å². The van der Waals surface area contributed by atoms with Gasteiger partial charge in [0.05, 0.1) is 4.92 Å². The first-order chi connectivity index (χ1) is 6.93. The summed E-state index contributed by atoms with van der Waals surface area (Å²) in [4.78, 5) is 20.7. The Morgan fingerprint density at radius 2 is 2.00 bits per heavy atom. The van der Waals surface area contributed by atoms with E-state index >= 15 is 0 Å². The summed E-state index contributed by atoms with van der Waals surface area (Å²) in [7, 11) is 0. The number of nitro groups is 1. The number of nitrogens with zero attached hydrogens (tertiary/aromatic N) is 1. The van der Waals surface area contributed by atoms with Gasteiger partial charge in [-0.15, -0.1) is 0 Å². The number of rotatable bonds is 3. The van der Waals surface area contributed by atoms with Crippen LogP contribution in [0.5, 0.6) is 0 Å². The SMILES string of the molecule is CC(C)c1ccc(C(=O)O)c([N+](=O)[O-])c1.[KH]. The van der Waals surface area contributed by atoms with E-state index in [1.807, 2.05) is 13.8 Å². The van der Waals surface area contributed by atoms with Crippen LogP contribution in [0.1, 0.15) is 35.7 Å². The predicted molar refractivity (Wildman–Crippen MR) is 61.3 cm³/mol. The molecule has 1 aromatic carbocycles. The summed E-state index contributed by atoms with van der Waals surface area (Å²) < 4.78 is 0. The summed E-state index contributed by atoms with van der Waals surface area (Å²) >= 11 is 0. The molecule has 0 aliphatic rings. The van der Waals surface area contributed by atoms with E-state index in [0.717, 1.165) is 5.56 Å². The first kappa shape index (κ1) is 15.7. The molecule has 1 rings (SSSR count). The molecule has 0 radical (unpaired) electrons. The van der Waals surface area contributed by atoms with Gasteiger partial charge in [0.25, 0.3) is 5.69 Å². The van der Waals surface area contributed by atoms with Crippen molar-refractivity contribution in [3.05, 3.63) is 39.4 Å². The van der Waals surface area contributed by atoms with E-state index in [0.29, 0.717) is 0 Å². The van der Waals surface area contributed by atoms with Gasteiger partial charge in [0.2, 0.25) is 0 Å². The van der Waals surface area contributed by atoms with Crippen molar-refractivity contribution in [1.82, 2.24) is 0 Å². The van der Waals surface area contributed by atoms with Gasteiger partial charge >= 0.3 is 57.4 Å². The van der Waals surface area contributed by atoms with Gasteiger partial charge in [0.1, 0.15) is 5.56 Å². The average molecular weight is 249 g/mol. The molecule has 5 nitrogen and oxygen atoms in total. The molecule has 1 aromatic rings. The van der Waals surface area contributed by atoms with Crippen LogP contribution in [0.25, 0.3) is 0 Å². The maximum atomic E-state index is 10.7. The van der Waals surface area contributed by atoms with Crippen molar-refractivity contribution in [3.8, 4) is 0 Å². The summed E-state index contributed by atoms with van der Waals surface area (Å²) in [6, 6.07) is 4.19. The Balaban J connectivity index is 0.00000225. The number of hydrogen-bond donors (Lipinski definition) is 1. The number of benzene rings is 1. The Morgan fingerprint density at radius 1 is 1.44 bits per heavy atom. The molecule has 82 valence electrons. The van der Waals surface area contributed by atoms with Gasteiger partial charge in [0, 0.05) is 6.07 Å². The second kappa shape index (κ2) is 6.46. The minimum atomic E-state index is -1.28. The zero-order chi connectivity index (χ0) is 11.6. The minimum absolute atomic E-state index is 0. The first-order valence-electron chi connectivity index (χ1n) is 4.45. The Morgan fingerprint density at radius 3 is 2.38 bits per heavy atom. The monoisotopic (exact) mass is 249 g/mol. The zero-order valence-electron chi connectivity index (χ0n) is 8.43. The van der Waals surface area contributed by atoms with E-state index in [9.17, 15) is 14.9 Å². The standard InChI is InChI=1S/C10H11NO4.K.H/c1-6(2)7-3-4-8(10(12)13)9(5-7)11(14)15;;/h3-6H,1-2H3,(H,12,13);;. The van der Waals surface area contributed by atoms with Gasteiger partial charge in [-0.25, -0.2) is 4.79 Å². The second-order valence-corrected chi connectivity index (χ2v) is 3.49. The molecule has 0 aliphatic carbocycles. The number of carbonyl (C=O) groups is 1. The Kier molecular flexibility index (Phi) is 6.35. The normalized spacial score (nSPS) is 9.69. The summed E-state index contributed by atoms with van der Waals surface area (Å²) in [6.45, 7) is 3.78. The quantitative estimate of drug-likeness (QED) is 0.503. The topological polar surface area (TPSA) is 80.4 Å². The molecule has 16 heavy (non-hydrogen) atoms. The van der Waals surface area contributed by atoms with Crippen LogP contribution in [-0.2, 0) is 0 Å². The van der Waals surface area contributed by atoms with Gasteiger partial charge < -0.3 is 5.11 Å². The van der Waals surface area contributed by atoms with E-state index in [-0.39, 0.29) is 68.6 Å². The molecule has 0 spiro atoms. The third kappa shape index (κ3) is 3.64. The molecule has 0 saturated heterocycles. The third-order valence-electron chi connectivity index (χ3n) is 2.12. The van der Waals surface area contributed by atoms with Crippen LogP contribution in [0.3, 0.4) is 0 Å². The fourth-order valence-corrected chi connectivity index (χ4v) is 1.24. The molecule has 0 aromatic heterocycles. The maximum absolute atomic E-state index is 10.7. The summed E-state index contributed by atoms with van der Waals surface area (Å²) in [5, 5.41) is 19.4. The summed E-state index contributed by atoms with van der Waals surface area (Å²) in [5.41, 5.74) is 0.129. The Hall–Kier alpha value is -0.274. The van der Waals surface area contributed by atoms with E-state index in [1.54, 1.807) is 6.07 Å². The van der Waals surface area contributed by atoms with Crippen LogP contribution >= 0.6 is 0 Å². The van der Waals surface area contributed by atoms with Gasteiger partial charge in [-0.3, -0.25) is 10.1 Å². The molecule has 0 saturated carbocycles. The fourth-order valence-electron chi connectivity index (χ4n) is 1.24. The molecule has 0 atom stereocenters. The third-order valence-corrected chi connectivity index (χ3v) is 2.12. The molecule has 0 heterocycles. The van der Waals surface area contributed by atoms with Crippen molar-refractivity contribution in [2.24, 2.45) is 0 Å². The summed E-state index contributed by atoms with van der Waals surface area (Å²) in [6.07, 6.45) is 0. The molecule has 0 unspecified atom stereocenters. The summed E-state index contributed by atoms with van der Waals surface area (Å²) in [5.74, 6) is -1.15. The second-order valence-electron chi connectivity index (χ2n) is 3.49. The fraction of sp³-hybridized carbons (Fsp3) is 0.300. The van der Waals surface area contributed by atoms with Crippen molar-refractivity contribution in [1.29, 1.82) is 0 Å². The molecule has 0 fully saturated rings. The predicted octanol–water partition coefficient (Wildman–Crippen LogP) is 1.77. The van der Waals surface area contributed by atoms with E-state index in [1.165, 1.54) is 12.1 Å². The van der Waals surface area contributed by atoms with Crippen LogP contribution < -0.4 is 0 Å². The van der Waals surface area contributed by atoms with Crippen LogP contribution in [0.2, 0.25) is 0 Å². The molecular weight excluding hydrogens is 237 g/mol. The number of aromatic carboxylic acids is 1. The van der Waals surface area contributed by atoms with Crippen molar-refractivity contribution in [2.45, 2.75) is 19.8 Å². The van der Waals surface area contributed by atoms with Crippen LogP contribution in [-0.4, -0.2) is 67.4 Å². The van der Waals surface area contributed by atoms with E-state index in [2.05, 4.69) is 0 Å².